The highest BCUT2D eigenvalue weighted by atomic mass is 35.5. The number of carbonyl (C=O) groups excluding carboxylic acids is 2. The first-order valence-electron chi connectivity index (χ1n) is 13.1. The highest BCUT2D eigenvalue weighted by Crippen LogP contribution is 2.28. The van der Waals surface area contributed by atoms with Gasteiger partial charge in [-0.05, 0) is 47.0 Å². The monoisotopic (exact) mass is 562 g/mol. The van der Waals surface area contributed by atoms with Crippen LogP contribution in [0.3, 0.4) is 0 Å². The van der Waals surface area contributed by atoms with Gasteiger partial charge in [-0.3, -0.25) is 19.1 Å². The van der Waals surface area contributed by atoms with E-state index in [1.165, 1.54) is 11.5 Å². The van der Waals surface area contributed by atoms with Crippen LogP contribution in [0.1, 0.15) is 18.5 Å². The number of anilines is 1. The van der Waals surface area contributed by atoms with E-state index in [-0.39, 0.29) is 24.4 Å². The van der Waals surface area contributed by atoms with Crippen molar-refractivity contribution in [2.45, 2.75) is 19.5 Å². The average Bonchev–Trinajstić information content (AvgIpc) is 3.25. The summed E-state index contributed by atoms with van der Waals surface area (Å²) in [4.78, 5) is 41.6. The second-order valence-corrected chi connectivity index (χ2v) is 10.3. The highest BCUT2D eigenvalue weighted by Gasteiger charge is 2.26. The SMILES string of the molecule is CC(=O)Nc1cccc(-c2ccc(C(CN3CCOCC3)N(C)C(=O)Cn3c(=O)oc4ccc(Cl)cc43)cc2)c1. The zero-order chi connectivity index (χ0) is 28.2. The number of hydrogen-bond donors (Lipinski definition) is 1. The van der Waals surface area contributed by atoms with Crippen LogP contribution in [-0.4, -0.2) is 66.1 Å². The Kier molecular flexibility index (Phi) is 8.35. The molecule has 0 saturated carbocycles. The molecule has 5 rings (SSSR count). The summed E-state index contributed by atoms with van der Waals surface area (Å²) in [6.45, 7) is 4.77. The van der Waals surface area contributed by atoms with E-state index in [1.54, 1.807) is 30.1 Å². The largest absolute Gasteiger partial charge is 0.420 e. The molecule has 1 unspecified atom stereocenters. The summed E-state index contributed by atoms with van der Waals surface area (Å²) in [5.41, 5.74) is 4.52. The van der Waals surface area contributed by atoms with Gasteiger partial charge < -0.3 is 19.4 Å². The molecule has 1 aliphatic heterocycles. The predicted octanol–water partition coefficient (Wildman–Crippen LogP) is 4.41. The topological polar surface area (TPSA) is 97.0 Å². The molecule has 10 heteroatoms. The first-order chi connectivity index (χ1) is 19.3. The number of oxazole rings is 1. The summed E-state index contributed by atoms with van der Waals surface area (Å²) in [6, 6.07) is 20.4. The lowest BCUT2D eigenvalue weighted by atomic mass is 9.99. The number of halogens is 1. The van der Waals surface area contributed by atoms with E-state index in [4.69, 9.17) is 20.8 Å². The Labute approximate surface area is 236 Å². The van der Waals surface area contributed by atoms with Gasteiger partial charge in [0.1, 0.15) is 6.54 Å². The number of aromatic nitrogens is 1. The lowest BCUT2D eigenvalue weighted by molar-refractivity contribution is -0.133. The maximum atomic E-state index is 13.6. The van der Waals surface area contributed by atoms with Gasteiger partial charge in [0.15, 0.2) is 5.58 Å². The molecule has 1 fully saturated rings. The third kappa shape index (κ3) is 6.28. The standard InChI is InChI=1S/C30H31ClN4O5/c1-20(36)32-25-5-3-4-23(16-25)21-6-8-22(9-7-21)27(18-34-12-14-39-15-13-34)33(2)29(37)19-35-26-17-24(31)10-11-28(26)40-30(35)38/h3-11,16-17,27H,12-15,18-19H2,1-2H3,(H,32,36). The van der Waals surface area contributed by atoms with Gasteiger partial charge in [0.25, 0.3) is 0 Å². The van der Waals surface area contributed by atoms with Gasteiger partial charge >= 0.3 is 5.76 Å². The van der Waals surface area contributed by atoms with Crippen molar-refractivity contribution >= 4 is 40.2 Å². The maximum absolute atomic E-state index is 13.6. The van der Waals surface area contributed by atoms with Crippen LogP contribution in [0.5, 0.6) is 0 Å². The number of amides is 2. The van der Waals surface area contributed by atoms with Crippen molar-refractivity contribution in [1.82, 2.24) is 14.4 Å². The van der Waals surface area contributed by atoms with Gasteiger partial charge in [0, 0.05) is 44.3 Å². The maximum Gasteiger partial charge on any atom is 0.420 e. The fourth-order valence-corrected chi connectivity index (χ4v) is 5.13. The van der Waals surface area contributed by atoms with Crippen LogP contribution in [0.25, 0.3) is 22.2 Å². The summed E-state index contributed by atoms with van der Waals surface area (Å²) < 4.78 is 12.2. The second-order valence-electron chi connectivity index (χ2n) is 9.88. The van der Waals surface area contributed by atoms with Crippen molar-refractivity contribution in [2.75, 3.05) is 45.2 Å². The van der Waals surface area contributed by atoms with Gasteiger partial charge in [-0.25, -0.2) is 4.79 Å². The molecule has 1 saturated heterocycles. The zero-order valence-corrected chi connectivity index (χ0v) is 23.2. The van der Waals surface area contributed by atoms with E-state index >= 15 is 0 Å². The molecule has 208 valence electrons. The number of likely N-dealkylation sites (N-methyl/N-ethyl adjacent to an activating group) is 1. The number of rotatable bonds is 8. The van der Waals surface area contributed by atoms with Crippen molar-refractivity contribution in [2.24, 2.45) is 0 Å². The number of hydrogen-bond acceptors (Lipinski definition) is 6. The summed E-state index contributed by atoms with van der Waals surface area (Å²) in [6.07, 6.45) is 0. The quantitative estimate of drug-likeness (QED) is 0.342. The van der Waals surface area contributed by atoms with Crippen molar-refractivity contribution in [1.29, 1.82) is 0 Å². The lowest BCUT2D eigenvalue weighted by Crippen LogP contribution is -2.44. The molecule has 0 aliphatic carbocycles. The number of ether oxygens (including phenoxy) is 1. The fourth-order valence-electron chi connectivity index (χ4n) is 4.96. The molecule has 4 aromatic rings. The number of fused-ring (bicyclic) bond motifs is 1. The van der Waals surface area contributed by atoms with Crippen molar-refractivity contribution in [3.05, 3.63) is 87.9 Å². The smallest absolute Gasteiger partial charge is 0.408 e. The minimum Gasteiger partial charge on any atom is -0.408 e. The van der Waals surface area contributed by atoms with Crippen LogP contribution < -0.4 is 11.1 Å². The Morgan fingerprint density at radius 2 is 1.77 bits per heavy atom. The third-order valence-electron chi connectivity index (χ3n) is 7.13. The Morgan fingerprint density at radius 3 is 2.50 bits per heavy atom. The van der Waals surface area contributed by atoms with Crippen LogP contribution in [0.15, 0.2) is 75.9 Å². The van der Waals surface area contributed by atoms with Crippen molar-refractivity contribution in [3.8, 4) is 11.1 Å². The van der Waals surface area contributed by atoms with Gasteiger partial charge in [-0.2, -0.15) is 0 Å². The summed E-state index contributed by atoms with van der Waals surface area (Å²) in [7, 11) is 1.76. The number of nitrogens with zero attached hydrogens (tertiary/aromatic N) is 3. The van der Waals surface area contributed by atoms with E-state index in [1.807, 2.05) is 48.5 Å². The number of carbonyl (C=O) groups is 2. The van der Waals surface area contributed by atoms with Gasteiger partial charge in [-0.15, -0.1) is 0 Å². The first kappa shape index (κ1) is 27.6. The van der Waals surface area contributed by atoms with E-state index < -0.39 is 5.76 Å². The molecule has 0 spiro atoms. The van der Waals surface area contributed by atoms with E-state index in [0.29, 0.717) is 35.9 Å². The van der Waals surface area contributed by atoms with Gasteiger partial charge in [-0.1, -0.05) is 48.0 Å². The summed E-state index contributed by atoms with van der Waals surface area (Å²) in [5, 5.41) is 3.27. The molecule has 0 radical (unpaired) electrons. The van der Waals surface area contributed by atoms with Gasteiger partial charge in [0.2, 0.25) is 11.8 Å². The fraction of sp³-hybridized carbons (Fsp3) is 0.300. The van der Waals surface area contributed by atoms with Crippen molar-refractivity contribution < 1.29 is 18.7 Å². The van der Waals surface area contributed by atoms with Crippen LogP contribution >= 0.6 is 11.6 Å². The normalized spacial score (nSPS) is 14.7. The molecule has 1 aromatic heterocycles. The number of morpholine rings is 1. The van der Waals surface area contributed by atoms with E-state index in [0.717, 1.165) is 35.5 Å². The Hall–Kier alpha value is -3.92. The van der Waals surface area contributed by atoms with E-state index in [2.05, 4.69) is 10.2 Å². The average molecular weight is 563 g/mol. The number of benzene rings is 3. The summed E-state index contributed by atoms with van der Waals surface area (Å²) in [5.74, 6) is -0.954. The van der Waals surface area contributed by atoms with Crippen LogP contribution in [0.4, 0.5) is 5.69 Å². The highest BCUT2D eigenvalue weighted by molar-refractivity contribution is 6.31. The van der Waals surface area contributed by atoms with Crippen LogP contribution in [0.2, 0.25) is 5.02 Å². The Morgan fingerprint density at radius 1 is 1.02 bits per heavy atom. The molecule has 3 aromatic carbocycles. The van der Waals surface area contributed by atoms with Crippen molar-refractivity contribution in [3.63, 3.8) is 0 Å². The zero-order valence-electron chi connectivity index (χ0n) is 22.4. The number of nitrogens with one attached hydrogen (secondary N) is 1. The molecule has 1 aliphatic rings. The first-order valence-corrected chi connectivity index (χ1v) is 13.5. The Balaban J connectivity index is 1.41. The Bertz CT molecular complexity index is 1570. The molecule has 1 atom stereocenters. The molecular weight excluding hydrogens is 532 g/mol. The molecular formula is C30H31ClN4O5. The molecule has 0 bridgehead atoms. The predicted molar refractivity (Wildman–Crippen MR) is 154 cm³/mol. The molecule has 2 amide bonds. The molecule has 1 N–H and O–H groups in total. The lowest BCUT2D eigenvalue weighted by Gasteiger charge is -2.35. The second kappa shape index (κ2) is 12.1. The van der Waals surface area contributed by atoms with Crippen LogP contribution in [0, 0.1) is 0 Å². The van der Waals surface area contributed by atoms with Crippen LogP contribution in [-0.2, 0) is 20.9 Å². The molecule has 9 nitrogen and oxygen atoms in total. The van der Waals surface area contributed by atoms with Gasteiger partial charge in [0.05, 0.1) is 24.8 Å². The third-order valence-corrected chi connectivity index (χ3v) is 7.37. The molecule has 2 heterocycles. The van der Waals surface area contributed by atoms with E-state index in [9.17, 15) is 14.4 Å². The minimum absolute atomic E-state index is 0.125. The minimum atomic E-state index is -0.602. The summed E-state index contributed by atoms with van der Waals surface area (Å²) >= 11 is 6.14. The molecule has 40 heavy (non-hydrogen) atoms.